The highest BCUT2D eigenvalue weighted by Gasteiger charge is 2.23. The van der Waals surface area contributed by atoms with Crippen LogP contribution in [0.2, 0.25) is 0 Å². The second-order valence-corrected chi connectivity index (χ2v) is 6.96. The predicted octanol–water partition coefficient (Wildman–Crippen LogP) is 4.83. The van der Waals surface area contributed by atoms with Crippen molar-refractivity contribution in [2.45, 2.75) is 25.3 Å². The molecule has 4 rings (SSSR count). The molecule has 0 amide bonds. The van der Waals surface area contributed by atoms with Gasteiger partial charge in [0.25, 0.3) is 0 Å². The zero-order valence-electron chi connectivity index (χ0n) is 15.4. The van der Waals surface area contributed by atoms with E-state index in [0.29, 0.717) is 5.92 Å². The third-order valence-electron chi connectivity index (χ3n) is 5.33. The van der Waals surface area contributed by atoms with Crippen molar-refractivity contribution in [2.24, 2.45) is 0 Å². The van der Waals surface area contributed by atoms with E-state index in [0.717, 1.165) is 42.3 Å². The van der Waals surface area contributed by atoms with Crippen molar-refractivity contribution in [1.82, 2.24) is 4.90 Å². The lowest BCUT2D eigenvalue weighted by atomic mass is 9.90. The van der Waals surface area contributed by atoms with Crippen LogP contribution in [-0.2, 0) is 6.54 Å². The molecule has 3 aromatic rings. The maximum absolute atomic E-state index is 5.88. The first kappa shape index (κ1) is 17.0. The molecule has 0 aliphatic carbocycles. The van der Waals surface area contributed by atoms with Crippen molar-refractivity contribution < 1.29 is 13.9 Å². The van der Waals surface area contributed by atoms with Gasteiger partial charge in [-0.25, -0.2) is 0 Å². The topological polar surface area (TPSA) is 34.8 Å². The van der Waals surface area contributed by atoms with Crippen molar-refractivity contribution in [3.63, 3.8) is 0 Å². The second kappa shape index (κ2) is 7.42. The minimum atomic E-state index is 0.542. The summed E-state index contributed by atoms with van der Waals surface area (Å²) in [6, 6.07) is 14.6. The Kier molecular flexibility index (Phi) is 4.85. The molecule has 1 saturated heterocycles. The van der Waals surface area contributed by atoms with Crippen LogP contribution in [0.15, 0.2) is 53.1 Å². The Bertz CT molecular complexity index is 886. The number of methoxy groups -OCH3 is 2. The Morgan fingerprint density at radius 1 is 1.08 bits per heavy atom. The molecule has 2 heterocycles. The van der Waals surface area contributed by atoms with E-state index in [1.54, 1.807) is 14.2 Å². The molecule has 4 heteroatoms. The molecule has 1 aliphatic rings. The Morgan fingerprint density at radius 2 is 1.92 bits per heavy atom. The Hall–Kier alpha value is -2.46. The average Bonchev–Trinajstić information content (AvgIpc) is 3.10. The van der Waals surface area contributed by atoms with E-state index in [1.165, 1.54) is 23.8 Å². The molecule has 1 atom stereocenters. The lowest BCUT2D eigenvalue weighted by molar-refractivity contribution is 0.187. The van der Waals surface area contributed by atoms with E-state index in [2.05, 4.69) is 29.2 Å². The molecular formula is C22H25NO3. The number of likely N-dealkylation sites (tertiary alicyclic amines) is 1. The molecule has 1 unspecified atom stereocenters. The van der Waals surface area contributed by atoms with Gasteiger partial charge in [0, 0.05) is 17.3 Å². The molecule has 2 aromatic carbocycles. The molecule has 1 fully saturated rings. The van der Waals surface area contributed by atoms with E-state index >= 15 is 0 Å². The molecule has 0 saturated carbocycles. The summed E-state index contributed by atoms with van der Waals surface area (Å²) in [6.07, 6.45) is 4.25. The summed E-state index contributed by atoms with van der Waals surface area (Å²) in [6.45, 7) is 3.00. The van der Waals surface area contributed by atoms with Crippen LogP contribution in [-0.4, -0.2) is 32.2 Å². The van der Waals surface area contributed by atoms with Crippen LogP contribution >= 0.6 is 0 Å². The number of fused-ring (bicyclic) bond motifs is 1. The molecule has 0 radical (unpaired) electrons. The summed E-state index contributed by atoms with van der Waals surface area (Å²) in [7, 11) is 3.41. The van der Waals surface area contributed by atoms with Gasteiger partial charge in [0.2, 0.25) is 0 Å². The Morgan fingerprint density at radius 3 is 2.77 bits per heavy atom. The van der Waals surface area contributed by atoms with Crippen LogP contribution in [0.25, 0.3) is 10.8 Å². The number of nitrogens with zero attached hydrogens (tertiary/aromatic N) is 1. The minimum Gasteiger partial charge on any atom is -0.497 e. The van der Waals surface area contributed by atoms with Gasteiger partial charge in [-0.2, -0.15) is 0 Å². The van der Waals surface area contributed by atoms with Crippen molar-refractivity contribution in [3.05, 3.63) is 60.1 Å². The second-order valence-electron chi connectivity index (χ2n) is 6.96. The average molecular weight is 351 g/mol. The standard InChI is InChI=1S/C22H25NO3/c1-24-19-7-3-5-16(11-19)17-6-4-10-23(13-17)14-22-21-9-8-20(25-2)12-18(21)15-26-22/h3,5,7-9,11-12,15,17H,4,6,10,13-14H2,1-2H3. The number of hydrogen-bond acceptors (Lipinski definition) is 4. The molecule has 0 spiro atoms. The van der Waals surface area contributed by atoms with E-state index in [1.807, 2.05) is 24.5 Å². The van der Waals surface area contributed by atoms with E-state index in [4.69, 9.17) is 13.9 Å². The van der Waals surface area contributed by atoms with E-state index < -0.39 is 0 Å². The van der Waals surface area contributed by atoms with E-state index in [9.17, 15) is 0 Å². The smallest absolute Gasteiger partial charge is 0.125 e. The van der Waals surface area contributed by atoms with Gasteiger partial charge >= 0.3 is 0 Å². The number of piperidine rings is 1. The lowest BCUT2D eigenvalue weighted by Gasteiger charge is -2.32. The quantitative estimate of drug-likeness (QED) is 0.659. The Balaban J connectivity index is 1.50. The normalized spacial score (nSPS) is 18.2. The summed E-state index contributed by atoms with van der Waals surface area (Å²) < 4.78 is 16.6. The lowest BCUT2D eigenvalue weighted by Crippen LogP contribution is -2.33. The molecule has 4 nitrogen and oxygen atoms in total. The van der Waals surface area contributed by atoms with Crippen LogP contribution in [0, 0.1) is 0 Å². The summed E-state index contributed by atoms with van der Waals surface area (Å²) in [5, 5.41) is 2.27. The third-order valence-corrected chi connectivity index (χ3v) is 5.33. The molecule has 136 valence electrons. The summed E-state index contributed by atoms with van der Waals surface area (Å²) >= 11 is 0. The van der Waals surface area contributed by atoms with Gasteiger partial charge in [0.1, 0.15) is 17.3 Å². The highest BCUT2D eigenvalue weighted by atomic mass is 16.5. The largest absolute Gasteiger partial charge is 0.497 e. The van der Waals surface area contributed by atoms with Gasteiger partial charge < -0.3 is 13.9 Å². The maximum Gasteiger partial charge on any atom is 0.125 e. The fourth-order valence-electron chi connectivity index (χ4n) is 3.91. The minimum absolute atomic E-state index is 0.542. The molecule has 0 N–H and O–H groups in total. The fourth-order valence-corrected chi connectivity index (χ4v) is 3.91. The monoisotopic (exact) mass is 351 g/mol. The summed E-state index contributed by atoms with van der Waals surface area (Å²) in [5.74, 6) is 3.38. The van der Waals surface area contributed by atoms with Crippen LogP contribution in [0.4, 0.5) is 0 Å². The van der Waals surface area contributed by atoms with Crippen molar-refractivity contribution in [2.75, 3.05) is 27.3 Å². The first-order valence-corrected chi connectivity index (χ1v) is 9.17. The highest BCUT2D eigenvalue weighted by Crippen LogP contribution is 2.31. The summed E-state index contributed by atoms with van der Waals surface area (Å²) in [5.41, 5.74) is 1.36. The zero-order valence-corrected chi connectivity index (χ0v) is 15.4. The molecule has 1 aliphatic heterocycles. The van der Waals surface area contributed by atoms with Crippen LogP contribution in [0.1, 0.15) is 30.1 Å². The number of benzene rings is 2. The van der Waals surface area contributed by atoms with E-state index in [-0.39, 0.29) is 0 Å². The first-order valence-electron chi connectivity index (χ1n) is 9.17. The van der Waals surface area contributed by atoms with Crippen LogP contribution in [0.3, 0.4) is 0 Å². The fraction of sp³-hybridized carbons (Fsp3) is 0.364. The number of ether oxygens (including phenoxy) is 2. The summed E-state index contributed by atoms with van der Waals surface area (Å²) in [4.78, 5) is 2.50. The van der Waals surface area contributed by atoms with Crippen molar-refractivity contribution in [1.29, 1.82) is 0 Å². The molecular weight excluding hydrogens is 326 g/mol. The predicted molar refractivity (Wildman–Crippen MR) is 103 cm³/mol. The maximum atomic E-state index is 5.88. The van der Waals surface area contributed by atoms with Crippen LogP contribution in [0.5, 0.6) is 11.5 Å². The van der Waals surface area contributed by atoms with Gasteiger partial charge in [-0.3, -0.25) is 4.90 Å². The van der Waals surface area contributed by atoms with Crippen LogP contribution < -0.4 is 9.47 Å². The highest BCUT2D eigenvalue weighted by molar-refractivity contribution is 5.85. The zero-order chi connectivity index (χ0) is 17.9. The molecule has 0 bridgehead atoms. The van der Waals surface area contributed by atoms with Gasteiger partial charge in [-0.15, -0.1) is 0 Å². The SMILES string of the molecule is COc1cccc(C2CCCN(Cc3occ4cc(OC)ccc34)C2)c1. The molecule has 26 heavy (non-hydrogen) atoms. The van der Waals surface area contributed by atoms with Gasteiger partial charge in [-0.05, 0) is 61.2 Å². The molecule has 1 aromatic heterocycles. The van der Waals surface area contributed by atoms with Gasteiger partial charge in [0.15, 0.2) is 0 Å². The van der Waals surface area contributed by atoms with Crippen molar-refractivity contribution >= 4 is 10.8 Å². The Labute approximate surface area is 154 Å². The third kappa shape index (κ3) is 3.42. The number of rotatable bonds is 5. The first-order chi connectivity index (χ1) is 12.8. The van der Waals surface area contributed by atoms with Gasteiger partial charge in [0.05, 0.1) is 27.0 Å². The number of hydrogen-bond donors (Lipinski definition) is 0. The number of furan rings is 1. The van der Waals surface area contributed by atoms with Crippen molar-refractivity contribution in [3.8, 4) is 11.5 Å². The van der Waals surface area contributed by atoms with Gasteiger partial charge in [-0.1, -0.05) is 12.1 Å².